The Morgan fingerprint density at radius 2 is 1.51 bits per heavy atom. The Kier molecular flexibility index (Phi) is 11.2. The molecule has 2 saturated carbocycles. The number of esters is 3. The van der Waals surface area contributed by atoms with Gasteiger partial charge in [-0.05, 0) is 119 Å². The normalized spacial score (nSPS) is 23.8. The molecular formula is C31H44O6. The summed E-state index contributed by atoms with van der Waals surface area (Å²) in [5, 5.41) is 0. The highest BCUT2D eigenvalue weighted by molar-refractivity contribution is 5.90. The van der Waals surface area contributed by atoms with E-state index in [1.807, 2.05) is 6.92 Å². The summed E-state index contributed by atoms with van der Waals surface area (Å²) in [4.78, 5) is 36.2. The highest BCUT2D eigenvalue weighted by Gasteiger charge is 2.34. The lowest BCUT2D eigenvalue weighted by Crippen LogP contribution is -2.30. The Bertz CT molecular complexity index is 920. The van der Waals surface area contributed by atoms with E-state index in [0.717, 1.165) is 61.0 Å². The summed E-state index contributed by atoms with van der Waals surface area (Å²) in [6.45, 7) is 10.4. The van der Waals surface area contributed by atoms with Gasteiger partial charge < -0.3 is 14.2 Å². The molecule has 0 bridgehead atoms. The highest BCUT2D eigenvalue weighted by Crippen LogP contribution is 2.43. The Labute approximate surface area is 222 Å². The van der Waals surface area contributed by atoms with Crippen molar-refractivity contribution < 1.29 is 28.6 Å². The first-order chi connectivity index (χ1) is 17.8. The molecule has 0 aromatic heterocycles. The van der Waals surface area contributed by atoms with Gasteiger partial charge in [0.1, 0.15) is 5.75 Å². The molecule has 2 aliphatic rings. The van der Waals surface area contributed by atoms with Crippen LogP contribution in [0.4, 0.5) is 0 Å². The SMILES string of the molecule is C=CC(=O)OCCCCOC(=O)c1ccc(OC(=O)C2CCC(C3CCC(C(C)C)CC3)CC2)c(C)c1. The number of unbranched alkanes of at least 4 members (excludes halogenated alkanes) is 1. The van der Waals surface area contributed by atoms with Gasteiger partial charge in [-0.3, -0.25) is 4.79 Å². The molecule has 6 heteroatoms. The van der Waals surface area contributed by atoms with Crippen LogP contribution in [0.5, 0.6) is 5.75 Å². The van der Waals surface area contributed by atoms with Crippen LogP contribution in [0.3, 0.4) is 0 Å². The molecule has 0 aliphatic heterocycles. The lowest BCUT2D eigenvalue weighted by molar-refractivity contribution is -0.140. The number of ether oxygens (including phenoxy) is 3. The predicted octanol–water partition coefficient (Wildman–Crippen LogP) is 6.84. The van der Waals surface area contributed by atoms with E-state index in [-0.39, 0.29) is 25.1 Å². The number of rotatable bonds is 11. The first-order valence-corrected chi connectivity index (χ1v) is 14.1. The molecule has 0 N–H and O–H groups in total. The lowest BCUT2D eigenvalue weighted by atomic mass is 9.68. The number of hydrogen-bond acceptors (Lipinski definition) is 6. The standard InChI is InChI=1S/C31H44O6/c1-5-29(32)35-18-6-7-19-36-30(33)27-16-17-28(22(4)20-27)37-31(34)26-14-12-25(13-15-26)24-10-8-23(9-11-24)21(2)3/h5,16-17,20-21,23-26H,1,6-15,18-19H2,2-4H3. The van der Waals surface area contributed by atoms with Gasteiger partial charge in [-0.15, -0.1) is 0 Å². The van der Waals surface area contributed by atoms with Crippen LogP contribution in [-0.4, -0.2) is 31.1 Å². The highest BCUT2D eigenvalue weighted by atomic mass is 16.5. The van der Waals surface area contributed by atoms with Crippen molar-refractivity contribution in [3.8, 4) is 5.75 Å². The molecule has 3 rings (SSSR count). The third-order valence-corrected chi connectivity index (χ3v) is 8.34. The van der Waals surface area contributed by atoms with Crippen LogP contribution >= 0.6 is 0 Å². The van der Waals surface area contributed by atoms with Crippen LogP contribution < -0.4 is 4.74 Å². The number of carbonyl (C=O) groups is 3. The largest absolute Gasteiger partial charge is 0.463 e. The zero-order chi connectivity index (χ0) is 26.8. The van der Waals surface area contributed by atoms with Gasteiger partial charge in [0.25, 0.3) is 0 Å². The molecule has 0 atom stereocenters. The smallest absolute Gasteiger partial charge is 0.338 e. The van der Waals surface area contributed by atoms with Crippen molar-refractivity contribution in [1.29, 1.82) is 0 Å². The molecule has 6 nitrogen and oxygen atoms in total. The fraction of sp³-hybridized carbons (Fsp3) is 0.645. The van der Waals surface area contributed by atoms with E-state index in [0.29, 0.717) is 24.2 Å². The van der Waals surface area contributed by atoms with Crippen LogP contribution in [0.25, 0.3) is 0 Å². The van der Waals surface area contributed by atoms with Gasteiger partial charge in [0, 0.05) is 6.08 Å². The lowest BCUT2D eigenvalue weighted by Gasteiger charge is -2.38. The summed E-state index contributed by atoms with van der Waals surface area (Å²) >= 11 is 0. The number of aryl methyl sites for hydroxylation is 1. The summed E-state index contributed by atoms with van der Waals surface area (Å²) in [5.41, 5.74) is 1.15. The topological polar surface area (TPSA) is 78.9 Å². The second kappa shape index (κ2) is 14.3. The van der Waals surface area contributed by atoms with Crippen molar-refractivity contribution in [3.05, 3.63) is 42.0 Å². The fourth-order valence-electron chi connectivity index (χ4n) is 5.88. The fourth-order valence-corrected chi connectivity index (χ4v) is 5.88. The summed E-state index contributed by atoms with van der Waals surface area (Å²) in [7, 11) is 0. The molecule has 0 amide bonds. The minimum atomic E-state index is -0.458. The molecule has 0 saturated heterocycles. The molecule has 0 spiro atoms. The summed E-state index contributed by atoms with van der Waals surface area (Å²) in [6, 6.07) is 5.01. The minimum Gasteiger partial charge on any atom is -0.463 e. The van der Waals surface area contributed by atoms with E-state index in [1.54, 1.807) is 18.2 Å². The van der Waals surface area contributed by atoms with Crippen molar-refractivity contribution >= 4 is 17.9 Å². The van der Waals surface area contributed by atoms with Gasteiger partial charge in [-0.1, -0.05) is 20.4 Å². The van der Waals surface area contributed by atoms with Crippen LogP contribution in [-0.2, 0) is 19.1 Å². The van der Waals surface area contributed by atoms with Gasteiger partial charge in [-0.2, -0.15) is 0 Å². The van der Waals surface area contributed by atoms with Crippen molar-refractivity contribution in [1.82, 2.24) is 0 Å². The van der Waals surface area contributed by atoms with E-state index in [1.165, 1.54) is 25.7 Å². The average molecular weight is 513 g/mol. The Morgan fingerprint density at radius 1 is 0.919 bits per heavy atom. The first kappa shape index (κ1) is 28.9. The van der Waals surface area contributed by atoms with Crippen molar-refractivity contribution in [3.63, 3.8) is 0 Å². The maximum Gasteiger partial charge on any atom is 0.338 e. The average Bonchev–Trinajstić information content (AvgIpc) is 2.91. The van der Waals surface area contributed by atoms with Gasteiger partial charge >= 0.3 is 17.9 Å². The summed E-state index contributed by atoms with van der Waals surface area (Å²) in [6.07, 6.45) is 11.8. The molecule has 0 radical (unpaired) electrons. The van der Waals surface area contributed by atoms with E-state index < -0.39 is 11.9 Å². The number of carbonyl (C=O) groups excluding carboxylic acids is 3. The van der Waals surface area contributed by atoms with E-state index in [9.17, 15) is 14.4 Å². The van der Waals surface area contributed by atoms with Crippen molar-refractivity contribution in [2.45, 2.75) is 85.0 Å². The predicted molar refractivity (Wildman–Crippen MR) is 143 cm³/mol. The second-order valence-electron chi connectivity index (χ2n) is 11.1. The number of benzene rings is 1. The molecule has 2 fully saturated rings. The van der Waals surface area contributed by atoms with Crippen molar-refractivity contribution in [2.75, 3.05) is 13.2 Å². The zero-order valence-electron chi connectivity index (χ0n) is 22.8. The molecule has 1 aromatic rings. The Balaban J connectivity index is 1.39. The molecule has 204 valence electrons. The third kappa shape index (κ3) is 8.72. The third-order valence-electron chi connectivity index (χ3n) is 8.34. The minimum absolute atomic E-state index is 0.0435. The summed E-state index contributed by atoms with van der Waals surface area (Å²) < 4.78 is 15.9. The van der Waals surface area contributed by atoms with Gasteiger partial charge in [0.2, 0.25) is 0 Å². The maximum atomic E-state index is 12.9. The van der Waals surface area contributed by atoms with E-state index in [2.05, 4.69) is 20.4 Å². The summed E-state index contributed by atoms with van der Waals surface area (Å²) in [5.74, 6) is 2.68. The van der Waals surface area contributed by atoms with Crippen molar-refractivity contribution in [2.24, 2.45) is 29.6 Å². The molecule has 0 heterocycles. The van der Waals surface area contributed by atoms with Crippen LogP contribution in [0, 0.1) is 36.5 Å². The molecule has 37 heavy (non-hydrogen) atoms. The monoisotopic (exact) mass is 512 g/mol. The van der Waals surface area contributed by atoms with Crippen LogP contribution in [0.1, 0.15) is 94.0 Å². The molecule has 1 aromatic carbocycles. The van der Waals surface area contributed by atoms with Crippen LogP contribution in [0.15, 0.2) is 30.9 Å². The molecule has 0 unspecified atom stereocenters. The Hall–Kier alpha value is -2.63. The quantitative estimate of drug-likeness (QED) is 0.140. The zero-order valence-corrected chi connectivity index (χ0v) is 22.8. The van der Waals surface area contributed by atoms with Gasteiger partial charge in [-0.25, -0.2) is 9.59 Å². The van der Waals surface area contributed by atoms with Gasteiger partial charge in [0.05, 0.1) is 24.7 Å². The Morgan fingerprint density at radius 3 is 2.08 bits per heavy atom. The van der Waals surface area contributed by atoms with Gasteiger partial charge in [0.15, 0.2) is 0 Å². The molecule has 2 aliphatic carbocycles. The maximum absolute atomic E-state index is 12.9. The van der Waals surface area contributed by atoms with E-state index >= 15 is 0 Å². The first-order valence-electron chi connectivity index (χ1n) is 14.1. The second-order valence-corrected chi connectivity index (χ2v) is 11.1. The van der Waals surface area contributed by atoms with Crippen LogP contribution in [0.2, 0.25) is 0 Å². The van der Waals surface area contributed by atoms with E-state index in [4.69, 9.17) is 14.2 Å². The molecular weight excluding hydrogens is 468 g/mol. The number of hydrogen-bond donors (Lipinski definition) is 0.